The summed E-state index contributed by atoms with van der Waals surface area (Å²) in [7, 11) is 0. The third-order valence-corrected chi connectivity index (χ3v) is 6.93. The molecule has 0 fully saturated rings. The average Bonchev–Trinajstić information content (AvgIpc) is 2.84. The summed E-state index contributed by atoms with van der Waals surface area (Å²) < 4.78 is 0. The first-order chi connectivity index (χ1) is 17.6. The molecule has 4 unspecified atom stereocenters. The average molecular weight is 528 g/mol. The minimum Gasteiger partial charge on any atom is -0.481 e. The summed E-state index contributed by atoms with van der Waals surface area (Å²) in [6.45, 7) is 5.89. The van der Waals surface area contributed by atoms with Gasteiger partial charge in [0, 0.05) is 6.42 Å². The van der Waals surface area contributed by atoms with Crippen molar-refractivity contribution in [2.45, 2.75) is 148 Å². The summed E-state index contributed by atoms with van der Waals surface area (Å²) >= 11 is 0. The number of hydrogen-bond donors (Lipinski definition) is 5. The van der Waals surface area contributed by atoms with E-state index in [-0.39, 0.29) is 17.9 Å². The zero-order chi connectivity index (χ0) is 28.1. The lowest BCUT2D eigenvalue weighted by atomic mass is 9.97. The molecule has 0 aromatic carbocycles. The SMILES string of the molecule is CCCCCCC(O)CCCCCCCCCCC(=O)NC(C(=O)NC(CC(=O)O)C(N)=O)C(C)CC. The molecule has 9 heteroatoms. The van der Waals surface area contributed by atoms with E-state index in [9.17, 15) is 24.3 Å². The van der Waals surface area contributed by atoms with E-state index in [1.165, 1.54) is 25.7 Å². The summed E-state index contributed by atoms with van der Waals surface area (Å²) in [5, 5.41) is 24.1. The number of primary amides is 1. The lowest BCUT2D eigenvalue weighted by Gasteiger charge is -2.25. The molecule has 37 heavy (non-hydrogen) atoms. The zero-order valence-electron chi connectivity index (χ0n) is 23.4. The highest BCUT2D eigenvalue weighted by atomic mass is 16.4. The molecule has 0 spiro atoms. The van der Waals surface area contributed by atoms with Gasteiger partial charge in [-0.15, -0.1) is 0 Å². The Morgan fingerprint density at radius 3 is 1.78 bits per heavy atom. The number of carbonyl (C=O) groups excluding carboxylic acids is 3. The summed E-state index contributed by atoms with van der Waals surface area (Å²) in [6.07, 6.45) is 15.2. The maximum atomic E-state index is 12.7. The Hall–Kier alpha value is -2.16. The Labute approximate surface area is 223 Å². The molecule has 0 aromatic rings. The third kappa shape index (κ3) is 18.7. The topological polar surface area (TPSA) is 159 Å². The van der Waals surface area contributed by atoms with Crippen LogP contribution in [0.2, 0.25) is 0 Å². The number of aliphatic hydroxyl groups excluding tert-OH is 1. The van der Waals surface area contributed by atoms with Crippen molar-refractivity contribution in [3.8, 4) is 0 Å². The predicted molar refractivity (Wildman–Crippen MR) is 146 cm³/mol. The smallest absolute Gasteiger partial charge is 0.305 e. The van der Waals surface area contributed by atoms with E-state index in [0.29, 0.717) is 12.8 Å². The van der Waals surface area contributed by atoms with E-state index in [1.807, 2.05) is 13.8 Å². The van der Waals surface area contributed by atoms with Crippen molar-refractivity contribution >= 4 is 23.7 Å². The number of aliphatic carboxylic acids is 1. The van der Waals surface area contributed by atoms with Crippen molar-refractivity contribution in [3.63, 3.8) is 0 Å². The predicted octanol–water partition coefficient (Wildman–Crippen LogP) is 4.19. The summed E-state index contributed by atoms with van der Waals surface area (Å²) in [5.74, 6) is -3.20. The molecule has 0 rings (SSSR count). The number of rotatable bonds is 24. The van der Waals surface area contributed by atoms with Crippen LogP contribution in [-0.2, 0) is 19.2 Å². The summed E-state index contributed by atoms with van der Waals surface area (Å²) in [4.78, 5) is 47.5. The van der Waals surface area contributed by atoms with Gasteiger partial charge in [-0.1, -0.05) is 97.8 Å². The highest BCUT2D eigenvalue weighted by Gasteiger charge is 2.30. The molecule has 0 aliphatic heterocycles. The Balaban J connectivity index is 4.10. The maximum absolute atomic E-state index is 12.7. The number of hydrogen-bond acceptors (Lipinski definition) is 5. The molecule has 0 saturated heterocycles. The first-order valence-electron chi connectivity index (χ1n) is 14.4. The van der Waals surface area contributed by atoms with Crippen molar-refractivity contribution < 1.29 is 29.4 Å². The summed E-state index contributed by atoms with van der Waals surface area (Å²) in [5.41, 5.74) is 5.20. The van der Waals surface area contributed by atoms with Crippen molar-refractivity contribution in [3.05, 3.63) is 0 Å². The van der Waals surface area contributed by atoms with Crippen molar-refractivity contribution in [2.75, 3.05) is 0 Å². The van der Waals surface area contributed by atoms with Gasteiger partial charge in [-0.25, -0.2) is 0 Å². The molecule has 0 aliphatic carbocycles. The van der Waals surface area contributed by atoms with Crippen LogP contribution in [0.15, 0.2) is 0 Å². The summed E-state index contributed by atoms with van der Waals surface area (Å²) in [6, 6.07) is -2.18. The van der Waals surface area contributed by atoms with Gasteiger partial charge in [0.05, 0.1) is 12.5 Å². The van der Waals surface area contributed by atoms with Crippen LogP contribution in [0.5, 0.6) is 0 Å². The number of carbonyl (C=O) groups is 4. The van der Waals surface area contributed by atoms with E-state index in [1.54, 1.807) is 0 Å². The quantitative estimate of drug-likeness (QED) is 0.118. The first-order valence-corrected chi connectivity index (χ1v) is 14.4. The van der Waals surface area contributed by atoms with Crippen LogP contribution in [-0.4, -0.2) is 52.1 Å². The standard InChI is InChI=1S/C28H53N3O6/c1-4-6-7-14-17-22(32)18-15-12-10-8-9-11-13-16-19-24(33)31-26(21(3)5-2)28(37)30-23(27(29)36)20-25(34)35/h21-23,26,32H,4-20H2,1-3H3,(H2,29,36)(H,30,37)(H,31,33)(H,34,35). The normalized spacial score (nSPS) is 14.4. The highest BCUT2D eigenvalue weighted by Crippen LogP contribution is 2.15. The molecule has 0 bridgehead atoms. The van der Waals surface area contributed by atoms with Gasteiger partial charge in [-0.05, 0) is 25.2 Å². The minimum absolute atomic E-state index is 0.150. The van der Waals surface area contributed by atoms with Crippen molar-refractivity contribution in [2.24, 2.45) is 11.7 Å². The lowest BCUT2D eigenvalue weighted by Crippen LogP contribution is -2.55. The second kappa shape index (κ2) is 21.9. The lowest BCUT2D eigenvalue weighted by molar-refractivity contribution is -0.140. The second-order valence-corrected chi connectivity index (χ2v) is 10.4. The zero-order valence-corrected chi connectivity index (χ0v) is 23.4. The van der Waals surface area contributed by atoms with Crippen LogP contribution in [0, 0.1) is 5.92 Å². The van der Waals surface area contributed by atoms with Crippen LogP contribution < -0.4 is 16.4 Å². The molecular formula is C28H53N3O6. The van der Waals surface area contributed by atoms with E-state index in [4.69, 9.17) is 10.8 Å². The number of unbranched alkanes of at least 4 members (excludes halogenated alkanes) is 10. The van der Waals surface area contributed by atoms with Crippen molar-refractivity contribution in [1.29, 1.82) is 0 Å². The molecule has 0 radical (unpaired) electrons. The van der Waals surface area contributed by atoms with E-state index in [0.717, 1.165) is 64.2 Å². The van der Waals surface area contributed by atoms with E-state index >= 15 is 0 Å². The van der Waals surface area contributed by atoms with Crippen LogP contribution in [0.1, 0.15) is 130 Å². The Bertz CT molecular complexity index is 658. The maximum Gasteiger partial charge on any atom is 0.305 e. The second-order valence-electron chi connectivity index (χ2n) is 10.4. The van der Waals surface area contributed by atoms with Gasteiger partial charge in [-0.2, -0.15) is 0 Å². The molecule has 6 N–H and O–H groups in total. The Morgan fingerprint density at radius 1 is 0.784 bits per heavy atom. The minimum atomic E-state index is -1.32. The van der Waals surface area contributed by atoms with Gasteiger partial charge in [0.15, 0.2) is 0 Å². The monoisotopic (exact) mass is 527 g/mol. The Kier molecular flexibility index (Phi) is 20.6. The molecule has 9 nitrogen and oxygen atoms in total. The fourth-order valence-electron chi connectivity index (χ4n) is 4.28. The molecule has 0 saturated carbocycles. The fraction of sp³-hybridized carbons (Fsp3) is 0.857. The van der Waals surface area contributed by atoms with Gasteiger partial charge in [-0.3, -0.25) is 19.2 Å². The third-order valence-electron chi connectivity index (χ3n) is 6.93. The van der Waals surface area contributed by atoms with Gasteiger partial charge in [0.1, 0.15) is 12.1 Å². The van der Waals surface area contributed by atoms with Crippen LogP contribution in [0.3, 0.4) is 0 Å². The molecule has 0 aromatic heterocycles. The number of carboxylic acids is 1. The van der Waals surface area contributed by atoms with E-state index in [2.05, 4.69) is 17.6 Å². The van der Waals surface area contributed by atoms with Gasteiger partial charge < -0.3 is 26.6 Å². The number of aliphatic hydroxyl groups is 1. The number of carboxylic acid groups (broad SMARTS) is 1. The fourth-order valence-corrected chi connectivity index (χ4v) is 4.28. The van der Waals surface area contributed by atoms with Crippen LogP contribution in [0.4, 0.5) is 0 Å². The molecule has 0 aliphatic rings. The number of nitrogens with two attached hydrogens (primary N) is 1. The number of amides is 3. The van der Waals surface area contributed by atoms with Gasteiger partial charge >= 0.3 is 5.97 Å². The van der Waals surface area contributed by atoms with Gasteiger partial charge in [0.2, 0.25) is 17.7 Å². The molecule has 216 valence electrons. The first kappa shape index (κ1) is 34.8. The van der Waals surface area contributed by atoms with Crippen LogP contribution >= 0.6 is 0 Å². The van der Waals surface area contributed by atoms with Crippen LogP contribution in [0.25, 0.3) is 0 Å². The van der Waals surface area contributed by atoms with E-state index < -0.39 is 36.3 Å². The highest BCUT2D eigenvalue weighted by molar-refractivity contribution is 5.93. The molecule has 0 heterocycles. The molecule has 4 atom stereocenters. The molecular weight excluding hydrogens is 474 g/mol. The van der Waals surface area contributed by atoms with Crippen molar-refractivity contribution in [1.82, 2.24) is 10.6 Å². The van der Waals surface area contributed by atoms with Gasteiger partial charge in [0.25, 0.3) is 0 Å². The largest absolute Gasteiger partial charge is 0.481 e. The molecule has 3 amide bonds. The number of nitrogens with one attached hydrogen (secondary N) is 2. The Morgan fingerprint density at radius 2 is 1.30 bits per heavy atom.